The van der Waals surface area contributed by atoms with E-state index in [2.05, 4.69) is 10.1 Å². The van der Waals surface area contributed by atoms with Crippen molar-refractivity contribution in [2.75, 3.05) is 0 Å². The predicted octanol–water partition coefficient (Wildman–Crippen LogP) is 4.73. The third-order valence-electron chi connectivity index (χ3n) is 4.08. The summed E-state index contributed by atoms with van der Waals surface area (Å²) in [5.74, 6) is -0.405. The minimum atomic E-state index is -0.886. The minimum absolute atomic E-state index is 0.0193. The van der Waals surface area contributed by atoms with Crippen LogP contribution in [0.1, 0.15) is 42.8 Å². The standard InChI is InChI=1S/C19H19ClN2O4/c1-3-16(15-5-4-11(2)10-21-15)25-18-9-17-12(8-13(18)20)14(22-26-17)6-7-19(23)24/h4-5,8-10,16H,3,6-7H2,1-2H3,(H,23,24)/t16-/m0/s1. The van der Waals surface area contributed by atoms with Gasteiger partial charge in [-0.25, -0.2) is 0 Å². The van der Waals surface area contributed by atoms with Gasteiger partial charge in [0, 0.05) is 24.1 Å². The van der Waals surface area contributed by atoms with Crippen molar-refractivity contribution in [1.29, 1.82) is 0 Å². The van der Waals surface area contributed by atoms with Gasteiger partial charge in [0.2, 0.25) is 0 Å². The molecule has 0 saturated carbocycles. The number of aryl methyl sites for hydroxylation is 2. The molecule has 0 unspecified atom stereocenters. The van der Waals surface area contributed by atoms with Gasteiger partial charge in [0.25, 0.3) is 0 Å². The quantitative estimate of drug-likeness (QED) is 0.643. The molecular formula is C19H19ClN2O4. The molecule has 3 aromatic rings. The van der Waals surface area contributed by atoms with Crippen LogP contribution in [0.25, 0.3) is 11.0 Å². The number of carboxylic acid groups (broad SMARTS) is 1. The van der Waals surface area contributed by atoms with Crippen LogP contribution in [-0.4, -0.2) is 21.2 Å². The molecule has 6 nitrogen and oxygen atoms in total. The number of carbonyl (C=O) groups is 1. The summed E-state index contributed by atoms with van der Waals surface area (Å²) in [5.41, 5.74) is 2.99. The zero-order chi connectivity index (χ0) is 18.7. The second-order valence-electron chi connectivity index (χ2n) is 6.08. The second kappa shape index (κ2) is 7.74. The van der Waals surface area contributed by atoms with Gasteiger partial charge in [-0.2, -0.15) is 0 Å². The summed E-state index contributed by atoms with van der Waals surface area (Å²) in [5, 5.41) is 13.9. The lowest BCUT2D eigenvalue weighted by Gasteiger charge is -2.18. The van der Waals surface area contributed by atoms with Gasteiger partial charge < -0.3 is 14.4 Å². The smallest absolute Gasteiger partial charge is 0.303 e. The van der Waals surface area contributed by atoms with E-state index in [1.165, 1.54) is 0 Å². The molecule has 2 aromatic heterocycles. The van der Waals surface area contributed by atoms with E-state index >= 15 is 0 Å². The van der Waals surface area contributed by atoms with Crippen LogP contribution < -0.4 is 4.74 Å². The third kappa shape index (κ3) is 3.96. The largest absolute Gasteiger partial charge is 0.482 e. The molecule has 0 saturated heterocycles. The maximum absolute atomic E-state index is 10.8. The molecule has 0 bridgehead atoms. The van der Waals surface area contributed by atoms with Gasteiger partial charge in [0.1, 0.15) is 11.9 Å². The van der Waals surface area contributed by atoms with Crippen LogP contribution in [0.5, 0.6) is 5.75 Å². The first-order chi connectivity index (χ1) is 12.5. The summed E-state index contributed by atoms with van der Waals surface area (Å²) in [6, 6.07) is 7.32. The number of carboxylic acids is 1. The Bertz CT molecular complexity index is 921. The molecule has 0 aliphatic carbocycles. The van der Waals surface area contributed by atoms with Crippen LogP contribution in [0.4, 0.5) is 0 Å². The Morgan fingerprint density at radius 2 is 2.19 bits per heavy atom. The topological polar surface area (TPSA) is 85.5 Å². The molecule has 3 rings (SSSR count). The zero-order valence-electron chi connectivity index (χ0n) is 14.5. The molecule has 1 N–H and O–H groups in total. The van der Waals surface area contributed by atoms with Gasteiger partial charge in [-0.15, -0.1) is 0 Å². The van der Waals surface area contributed by atoms with Crippen molar-refractivity contribution in [3.05, 3.63) is 52.4 Å². The zero-order valence-corrected chi connectivity index (χ0v) is 15.3. The van der Waals surface area contributed by atoms with Gasteiger partial charge in [-0.3, -0.25) is 9.78 Å². The Morgan fingerprint density at radius 1 is 1.38 bits per heavy atom. The maximum Gasteiger partial charge on any atom is 0.303 e. The van der Waals surface area contributed by atoms with E-state index in [0.717, 1.165) is 17.7 Å². The summed E-state index contributed by atoms with van der Waals surface area (Å²) in [6.45, 7) is 3.99. The summed E-state index contributed by atoms with van der Waals surface area (Å²) in [4.78, 5) is 15.2. The molecule has 0 aliphatic rings. The minimum Gasteiger partial charge on any atom is -0.482 e. The summed E-state index contributed by atoms with van der Waals surface area (Å²) >= 11 is 6.38. The fraction of sp³-hybridized carbons (Fsp3) is 0.316. The van der Waals surface area contributed by atoms with Crippen LogP contribution >= 0.6 is 11.6 Å². The molecule has 136 valence electrons. The average molecular weight is 375 g/mol. The highest BCUT2D eigenvalue weighted by molar-refractivity contribution is 6.32. The lowest BCUT2D eigenvalue weighted by atomic mass is 10.1. The van der Waals surface area contributed by atoms with Gasteiger partial charge in [-0.05, 0) is 31.0 Å². The molecule has 2 heterocycles. The van der Waals surface area contributed by atoms with Gasteiger partial charge >= 0.3 is 5.97 Å². The van der Waals surface area contributed by atoms with Crippen LogP contribution in [0.3, 0.4) is 0 Å². The Hall–Kier alpha value is -2.60. The molecule has 0 radical (unpaired) electrons. The molecule has 0 amide bonds. The second-order valence-corrected chi connectivity index (χ2v) is 6.48. The highest BCUT2D eigenvalue weighted by atomic mass is 35.5. The molecule has 26 heavy (non-hydrogen) atoms. The number of aromatic nitrogens is 2. The lowest BCUT2D eigenvalue weighted by molar-refractivity contribution is -0.136. The highest BCUT2D eigenvalue weighted by Gasteiger charge is 2.18. The van der Waals surface area contributed by atoms with E-state index in [1.807, 2.05) is 26.0 Å². The summed E-state index contributed by atoms with van der Waals surface area (Å²) < 4.78 is 11.4. The Balaban J connectivity index is 1.86. The van der Waals surface area contributed by atoms with E-state index in [-0.39, 0.29) is 18.9 Å². The molecule has 1 aromatic carbocycles. The van der Waals surface area contributed by atoms with Crippen molar-refractivity contribution < 1.29 is 19.2 Å². The number of benzene rings is 1. The van der Waals surface area contributed by atoms with Crippen molar-refractivity contribution in [2.24, 2.45) is 0 Å². The first kappa shape index (κ1) is 18.2. The first-order valence-electron chi connectivity index (χ1n) is 8.36. The SMILES string of the molecule is CC[C@H](Oc1cc2onc(CCC(=O)O)c2cc1Cl)c1ccc(C)cn1. The fourth-order valence-electron chi connectivity index (χ4n) is 2.66. The van der Waals surface area contributed by atoms with Gasteiger partial charge in [0.15, 0.2) is 5.58 Å². The fourth-order valence-corrected chi connectivity index (χ4v) is 2.87. The number of halogens is 1. The van der Waals surface area contributed by atoms with Crippen molar-refractivity contribution in [3.63, 3.8) is 0 Å². The predicted molar refractivity (Wildman–Crippen MR) is 97.6 cm³/mol. The Kier molecular flexibility index (Phi) is 5.42. The molecule has 0 aliphatic heterocycles. The number of hydrogen-bond donors (Lipinski definition) is 1. The van der Waals surface area contributed by atoms with Crippen LogP contribution in [0, 0.1) is 6.92 Å². The number of hydrogen-bond acceptors (Lipinski definition) is 5. The number of nitrogens with zero attached hydrogens (tertiary/aromatic N) is 2. The maximum atomic E-state index is 10.8. The number of rotatable bonds is 7. The number of pyridine rings is 1. The van der Waals surface area contributed by atoms with Crippen LogP contribution in [0.15, 0.2) is 35.0 Å². The molecule has 0 fully saturated rings. The van der Waals surface area contributed by atoms with Crippen LogP contribution in [0.2, 0.25) is 5.02 Å². The lowest BCUT2D eigenvalue weighted by Crippen LogP contribution is -2.08. The van der Waals surface area contributed by atoms with Crippen molar-refractivity contribution in [2.45, 2.75) is 39.2 Å². The molecule has 0 spiro atoms. The van der Waals surface area contributed by atoms with Crippen molar-refractivity contribution >= 4 is 28.5 Å². The highest BCUT2D eigenvalue weighted by Crippen LogP contribution is 2.35. The summed E-state index contributed by atoms with van der Waals surface area (Å²) in [6.07, 6.45) is 2.56. The Morgan fingerprint density at radius 3 is 2.85 bits per heavy atom. The van der Waals surface area contributed by atoms with Gasteiger partial charge in [0.05, 0.1) is 22.8 Å². The Labute approximate surface area is 155 Å². The van der Waals surface area contributed by atoms with Crippen molar-refractivity contribution in [3.8, 4) is 5.75 Å². The monoisotopic (exact) mass is 374 g/mol. The molecule has 7 heteroatoms. The molecule has 1 atom stereocenters. The third-order valence-corrected chi connectivity index (χ3v) is 4.37. The average Bonchev–Trinajstić information content (AvgIpc) is 3.00. The number of ether oxygens (including phenoxy) is 1. The number of fused-ring (bicyclic) bond motifs is 1. The van der Waals surface area contributed by atoms with E-state index in [1.54, 1.807) is 18.3 Å². The number of aliphatic carboxylic acids is 1. The first-order valence-corrected chi connectivity index (χ1v) is 8.74. The normalized spacial score (nSPS) is 12.3. The van der Waals surface area contributed by atoms with E-state index in [4.69, 9.17) is 26.0 Å². The van der Waals surface area contributed by atoms with E-state index in [0.29, 0.717) is 27.4 Å². The van der Waals surface area contributed by atoms with Crippen LogP contribution in [-0.2, 0) is 11.2 Å². The molecular weight excluding hydrogens is 356 g/mol. The van der Waals surface area contributed by atoms with Gasteiger partial charge in [-0.1, -0.05) is 29.7 Å². The van der Waals surface area contributed by atoms with E-state index < -0.39 is 5.97 Å². The summed E-state index contributed by atoms with van der Waals surface area (Å²) in [7, 11) is 0. The van der Waals surface area contributed by atoms with E-state index in [9.17, 15) is 4.79 Å². The van der Waals surface area contributed by atoms with Crippen molar-refractivity contribution in [1.82, 2.24) is 10.1 Å².